The van der Waals surface area contributed by atoms with Gasteiger partial charge in [0.05, 0.1) is 24.9 Å². The summed E-state index contributed by atoms with van der Waals surface area (Å²) in [7, 11) is -3.38. The van der Waals surface area contributed by atoms with E-state index in [0.717, 1.165) is 12.1 Å². The van der Waals surface area contributed by atoms with Gasteiger partial charge in [0.2, 0.25) is 0 Å². The maximum atomic E-state index is 14.1. The minimum absolute atomic E-state index is 0.00786. The van der Waals surface area contributed by atoms with Crippen LogP contribution in [0, 0.1) is 5.92 Å². The van der Waals surface area contributed by atoms with Gasteiger partial charge in [-0.05, 0) is 99.1 Å². The second-order valence-corrected chi connectivity index (χ2v) is 36.9. The lowest BCUT2D eigenvalue weighted by Gasteiger charge is -2.39. The van der Waals surface area contributed by atoms with Gasteiger partial charge in [0.15, 0.2) is 20.9 Å². The molecule has 10 nitrogen and oxygen atoms in total. The van der Waals surface area contributed by atoms with Crippen molar-refractivity contribution in [3.63, 3.8) is 0 Å². The van der Waals surface area contributed by atoms with Crippen LogP contribution in [0.25, 0.3) is 0 Å². The van der Waals surface area contributed by atoms with Gasteiger partial charge in [-0.2, -0.15) is 0 Å². The summed E-state index contributed by atoms with van der Waals surface area (Å²) in [6.07, 6.45) is 2.31. The zero-order valence-corrected chi connectivity index (χ0v) is 43.0. The van der Waals surface area contributed by atoms with E-state index < -0.39 is 60.5 Å². The van der Waals surface area contributed by atoms with Gasteiger partial charge in [-0.25, -0.2) is 9.59 Å². The summed E-state index contributed by atoms with van der Waals surface area (Å²) < 4.78 is 50.1. The summed E-state index contributed by atoms with van der Waals surface area (Å²) in [6.45, 7) is 35.7. The highest BCUT2D eigenvalue weighted by molar-refractivity contribution is 6.76. The number of benzene rings is 2. The van der Waals surface area contributed by atoms with Gasteiger partial charge >= 0.3 is 11.9 Å². The van der Waals surface area contributed by atoms with Crippen LogP contribution in [0.5, 0.6) is 11.5 Å². The Bertz CT molecular complexity index is 1710. The van der Waals surface area contributed by atoms with Crippen molar-refractivity contribution in [2.24, 2.45) is 5.92 Å². The Labute approximate surface area is 365 Å². The maximum absolute atomic E-state index is 14.1. The van der Waals surface area contributed by atoms with E-state index in [2.05, 4.69) is 100.0 Å². The predicted molar refractivity (Wildman–Crippen MR) is 250 cm³/mol. The topological polar surface area (TPSA) is 108 Å². The molecule has 0 radical (unpaired) electrons. The molecule has 60 heavy (non-hydrogen) atoms. The lowest BCUT2D eigenvalue weighted by Crippen LogP contribution is -2.44. The molecule has 1 aliphatic heterocycles. The van der Waals surface area contributed by atoms with E-state index in [0.29, 0.717) is 47.8 Å². The third-order valence-electron chi connectivity index (χ3n) is 11.4. The van der Waals surface area contributed by atoms with E-state index in [1.165, 1.54) is 0 Å². The van der Waals surface area contributed by atoms with Gasteiger partial charge in [-0.3, -0.25) is 0 Å². The first kappa shape index (κ1) is 51.6. The normalized spacial score (nSPS) is 19.4. The van der Waals surface area contributed by atoms with E-state index in [1.54, 1.807) is 25.3 Å². The van der Waals surface area contributed by atoms with Gasteiger partial charge in [0.1, 0.15) is 29.3 Å². The van der Waals surface area contributed by atoms with Crippen molar-refractivity contribution in [3.8, 4) is 11.5 Å². The minimum Gasteiger partial charge on any atom is -0.494 e. The first-order chi connectivity index (χ1) is 27.6. The molecule has 338 valence electrons. The summed E-state index contributed by atoms with van der Waals surface area (Å²) >= 11 is 0. The number of esters is 2. The zero-order chi connectivity index (χ0) is 45.3. The zero-order valence-electron chi connectivity index (χ0n) is 40.0. The van der Waals surface area contributed by atoms with Gasteiger partial charge in [-0.15, -0.1) is 0 Å². The SMILES string of the molecule is COCOc1cc(OCC[Si](C)(C)C)cc(C(C)C[C@@H]2OC(C)(C)OC2C(/C=C\[C@@H](C)C(C)O[Si](C)(C)C(C)(C)C)OC(=O)c2ccccc2)c1C(=O)OCC[Si](C)(C)C. The highest BCUT2D eigenvalue weighted by Gasteiger charge is 2.47. The summed E-state index contributed by atoms with van der Waals surface area (Å²) in [6, 6.07) is 14.4. The molecule has 0 aromatic heterocycles. The Kier molecular flexibility index (Phi) is 18.5. The smallest absolute Gasteiger partial charge is 0.342 e. The number of carbonyl (C=O) groups excluding carboxylic acids is 2. The predicted octanol–water partition coefficient (Wildman–Crippen LogP) is 11.7. The van der Waals surface area contributed by atoms with Crippen LogP contribution in [-0.4, -0.2) is 93.7 Å². The van der Waals surface area contributed by atoms with Crippen LogP contribution in [0.3, 0.4) is 0 Å². The standard InChI is InChI=1S/C47H78O10Si3/c1-33(35(3)57-60(16,17)46(4,5)6)23-24-39(54-44(48)36-21-19-18-20-22-36)43-41(55-47(7,8)56-43)29-34(2)38-30-37(51-25-27-58(10,11)12)31-40(53-32-50-9)42(38)45(49)52-26-28-59(13,14)15/h18-24,30-31,33-35,39,41,43H,25-29,32H2,1-17H3/b24-23-/t33-,34?,35?,39?,41+,43?/m1/s1. The van der Waals surface area contributed by atoms with Crippen molar-refractivity contribution >= 4 is 36.4 Å². The van der Waals surface area contributed by atoms with E-state index in [4.69, 9.17) is 37.6 Å². The van der Waals surface area contributed by atoms with Crippen molar-refractivity contribution in [1.82, 2.24) is 0 Å². The first-order valence-corrected chi connectivity index (χ1v) is 32.0. The molecule has 1 saturated heterocycles. The molecule has 2 aromatic rings. The summed E-state index contributed by atoms with van der Waals surface area (Å²) in [5.74, 6) is -1.26. The van der Waals surface area contributed by atoms with Crippen LogP contribution in [0.15, 0.2) is 54.6 Å². The van der Waals surface area contributed by atoms with Crippen molar-refractivity contribution in [1.29, 1.82) is 0 Å². The van der Waals surface area contributed by atoms with Gasteiger partial charge < -0.3 is 37.6 Å². The lowest BCUT2D eigenvalue weighted by atomic mass is 9.88. The van der Waals surface area contributed by atoms with Crippen LogP contribution < -0.4 is 9.47 Å². The third kappa shape index (κ3) is 16.2. The van der Waals surface area contributed by atoms with E-state index >= 15 is 0 Å². The summed E-state index contributed by atoms with van der Waals surface area (Å²) in [4.78, 5) is 27.8. The number of carbonyl (C=O) groups is 2. The van der Waals surface area contributed by atoms with Crippen molar-refractivity contribution in [3.05, 3.63) is 71.3 Å². The Morgan fingerprint density at radius 2 is 1.45 bits per heavy atom. The quantitative estimate of drug-likeness (QED) is 0.0491. The number of ether oxygens (including phenoxy) is 7. The van der Waals surface area contributed by atoms with Crippen molar-refractivity contribution in [2.45, 2.75) is 167 Å². The molecule has 0 spiro atoms. The fourth-order valence-electron chi connectivity index (χ4n) is 6.51. The van der Waals surface area contributed by atoms with Crippen molar-refractivity contribution < 1.29 is 47.2 Å². The first-order valence-electron chi connectivity index (χ1n) is 21.7. The molecule has 1 aliphatic rings. The second-order valence-electron chi connectivity index (χ2n) is 20.9. The largest absolute Gasteiger partial charge is 0.494 e. The molecule has 4 unspecified atom stereocenters. The molecular weight excluding hydrogens is 809 g/mol. The summed E-state index contributed by atoms with van der Waals surface area (Å²) in [5, 5.41) is 0.0594. The Hall–Kier alpha value is -2.79. The second kappa shape index (κ2) is 21.5. The number of rotatable bonds is 22. The van der Waals surface area contributed by atoms with Crippen LogP contribution in [0.4, 0.5) is 0 Å². The van der Waals surface area contributed by atoms with Crippen molar-refractivity contribution in [2.75, 3.05) is 27.1 Å². The Morgan fingerprint density at radius 1 is 0.833 bits per heavy atom. The monoisotopic (exact) mass is 886 g/mol. The van der Waals surface area contributed by atoms with Crippen LogP contribution in [0.1, 0.15) is 94.0 Å². The molecular formula is C47H78O10Si3. The average molecular weight is 887 g/mol. The van der Waals surface area contributed by atoms with Crippen LogP contribution in [0.2, 0.25) is 69.5 Å². The lowest BCUT2D eigenvalue weighted by molar-refractivity contribution is -0.153. The van der Waals surface area contributed by atoms with Gasteiger partial charge in [0.25, 0.3) is 0 Å². The van der Waals surface area contributed by atoms with Gasteiger partial charge in [0, 0.05) is 35.4 Å². The molecule has 2 aromatic carbocycles. The molecule has 1 fully saturated rings. The Balaban J connectivity index is 2.08. The average Bonchev–Trinajstić information content (AvgIpc) is 3.43. The number of hydrogen-bond donors (Lipinski definition) is 0. The van der Waals surface area contributed by atoms with E-state index in [9.17, 15) is 9.59 Å². The summed E-state index contributed by atoms with van der Waals surface area (Å²) in [5.41, 5.74) is 1.47. The van der Waals surface area contributed by atoms with Crippen LogP contribution >= 0.6 is 0 Å². The molecule has 1 heterocycles. The molecule has 0 amide bonds. The van der Waals surface area contributed by atoms with E-state index in [1.807, 2.05) is 44.2 Å². The fourth-order valence-corrected chi connectivity index (χ4v) is 9.43. The molecule has 3 rings (SSSR count). The molecule has 6 atom stereocenters. The Morgan fingerprint density at radius 3 is 2.03 bits per heavy atom. The highest BCUT2D eigenvalue weighted by atomic mass is 28.4. The number of hydrogen-bond acceptors (Lipinski definition) is 10. The fraction of sp³-hybridized carbons (Fsp3) is 0.660. The van der Waals surface area contributed by atoms with Gasteiger partial charge in [-0.1, -0.05) is 98.2 Å². The van der Waals surface area contributed by atoms with E-state index in [-0.39, 0.29) is 29.8 Å². The maximum Gasteiger partial charge on any atom is 0.342 e. The highest BCUT2D eigenvalue weighted by Crippen LogP contribution is 2.42. The molecule has 0 saturated carbocycles. The molecule has 0 aliphatic carbocycles. The molecule has 0 bridgehead atoms. The minimum atomic E-state index is -2.04. The number of methoxy groups -OCH3 is 1. The third-order valence-corrected chi connectivity index (χ3v) is 19.4. The van der Waals surface area contributed by atoms with Crippen LogP contribution in [-0.2, 0) is 28.1 Å². The molecule has 13 heteroatoms. The molecule has 0 N–H and O–H groups in total.